The number of fused-ring (bicyclic) bond motifs is 7. The Hall–Kier alpha value is -4.49. The molecule has 308 valence electrons. The molecule has 0 amide bonds. The Balaban J connectivity index is 0.000000232. The second kappa shape index (κ2) is 23.0. The smallest absolute Gasteiger partial charge is 0.177 e. The Morgan fingerprint density at radius 1 is 0.702 bits per heavy atom. The number of likely N-dealkylation sites (N-methyl/N-ethyl adjacent to an activating group) is 1. The van der Waals surface area contributed by atoms with Gasteiger partial charge in [-0.3, -0.25) is 4.79 Å². The van der Waals surface area contributed by atoms with Gasteiger partial charge < -0.3 is 51.2 Å². The minimum atomic E-state index is 0.172. The maximum Gasteiger partial charge on any atom is 0.177 e. The zero-order chi connectivity index (χ0) is 40.4. The minimum absolute atomic E-state index is 0.172. The van der Waals surface area contributed by atoms with Crippen molar-refractivity contribution in [2.75, 3.05) is 74.1 Å². The molecule has 1 heterocycles. The van der Waals surface area contributed by atoms with Crippen LogP contribution in [0.3, 0.4) is 0 Å². The van der Waals surface area contributed by atoms with E-state index in [-0.39, 0.29) is 17.3 Å². The Morgan fingerprint density at radius 2 is 1.25 bits per heavy atom. The summed E-state index contributed by atoms with van der Waals surface area (Å²) in [6, 6.07) is 26.1. The molecule has 11 heteroatoms. The van der Waals surface area contributed by atoms with Crippen molar-refractivity contribution in [3.05, 3.63) is 118 Å². The largest absolute Gasteiger partial charge is 0.504 e. The number of hydrogen-bond donors (Lipinski definition) is 7. The number of rotatable bonds is 22. The summed E-state index contributed by atoms with van der Waals surface area (Å²) in [6.07, 6.45) is 5.57. The summed E-state index contributed by atoms with van der Waals surface area (Å²) < 4.78 is 10.3. The van der Waals surface area contributed by atoms with Crippen molar-refractivity contribution < 1.29 is 24.5 Å². The van der Waals surface area contributed by atoms with Gasteiger partial charge in [-0.2, -0.15) is 0 Å². The second-order valence-electron chi connectivity index (χ2n) is 15.2. The van der Waals surface area contributed by atoms with Crippen LogP contribution >= 0.6 is 0 Å². The van der Waals surface area contributed by atoms with Gasteiger partial charge >= 0.3 is 0 Å². The average molecular weight is 781 g/mol. The zero-order valence-electron chi connectivity index (χ0n) is 34.3. The van der Waals surface area contributed by atoms with E-state index in [1.807, 2.05) is 55.4 Å². The number of unbranched alkanes of at least 4 members (excludes halogenated alkanes) is 1. The summed E-state index contributed by atoms with van der Waals surface area (Å²) in [5, 5.41) is 36.8. The lowest BCUT2D eigenvalue weighted by Crippen LogP contribution is -2.24. The molecule has 0 fully saturated rings. The first-order chi connectivity index (χ1) is 27.8. The Labute approximate surface area is 339 Å². The molecule has 1 aliphatic heterocycles. The first-order valence-corrected chi connectivity index (χ1v) is 20.5. The third-order valence-corrected chi connectivity index (χ3v) is 10.6. The molecule has 6 rings (SSSR count). The van der Waals surface area contributed by atoms with Gasteiger partial charge in [-0.25, -0.2) is 0 Å². The van der Waals surface area contributed by atoms with Crippen LogP contribution in [0.2, 0.25) is 0 Å². The highest BCUT2D eigenvalue weighted by molar-refractivity contribution is 6.00. The van der Waals surface area contributed by atoms with E-state index < -0.39 is 0 Å². The molecule has 0 aromatic heterocycles. The average Bonchev–Trinajstić information content (AvgIpc) is 3.48. The van der Waals surface area contributed by atoms with E-state index >= 15 is 0 Å². The van der Waals surface area contributed by atoms with Crippen LogP contribution in [0, 0.1) is 0 Å². The van der Waals surface area contributed by atoms with Gasteiger partial charge in [0.2, 0.25) is 0 Å². The molecule has 4 aromatic carbocycles. The van der Waals surface area contributed by atoms with Crippen LogP contribution in [0.25, 0.3) is 0 Å². The molecular weight excluding hydrogens is 717 g/mol. The number of nitrogens with zero attached hydrogens (tertiary/aromatic N) is 1. The summed E-state index contributed by atoms with van der Waals surface area (Å²) in [7, 11) is 7.02. The molecule has 11 nitrogen and oxygen atoms in total. The number of phenols is 2. The van der Waals surface area contributed by atoms with E-state index in [9.17, 15) is 15.0 Å². The van der Waals surface area contributed by atoms with Gasteiger partial charge in [0.05, 0.1) is 20.8 Å². The zero-order valence-corrected chi connectivity index (χ0v) is 34.3. The summed E-state index contributed by atoms with van der Waals surface area (Å²) in [5.74, 6) is 1.93. The summed E-state index contributed by atoms with van der Waals surface area (Å²) in [6.45, 7) is 8.93. The highest BCUT2D eigenvalue weighted by atomic mass is 16.5. The maximum atomic E-state index is 12.7. The number of hydrogen-bond acceptors (Lipinski definition) is 11. The van der Waals surface area contributed by atoms with Crippen molar-refractivity contribution in [3.63, 3.8) is 0 Å². The van der Waals surface area contributed by atoms with Gasteiger partial charge in [-0.1, -0.05) is 54.6 Å². The van der Waals surface area contributed by atoms with Gasteiger partial charge in [0.25, 0.3) is 0 Å². The molecule has 0 spiro atoms. The third-order valence-electron chi connectivity index (χ3n) is 10.6. The Morgan fingerprint density at radius 3 is 1.82 bits per heavy atom. The van der Waals surface area contributed by atoms with Crippen LogP contribution in [-0.4, -0.2) is 95.0 Å². The van der Waals surface area contributed by atoms with Crippen molar-refractivity contribution in [2.45, 2.75) is 63.7 Å². The molecule has 0 saturated heterocycles. The number of aromatic hydroxyl groups is 2. The monoisotopic (exact) mass is 780 g/mol. The molecule has 0 saturated carbocycles. The van der Waals surface area contributed by atoms with E-state index in [2.05, 4.69) is 56.9 Å². The summed E-state index contributed by atoms with van der Waals surface area (Å²) in [4.78, 5) is 14.7. The standard InChI is InChI=1S/C26H42N4O4.C20H22N2O/c1-33-25-17-21(7-9-23(25)31)19-29-15-5-13-27-11-3-4-12-28-14-6-16-30-20-22-8-10-24(32)26(18-22)34-2;1-22(2)12-19(23)16-9-5-8-15-18-10-17(20(15)16)14-7-4-3-6-13(14)11-21-18/h7-10,17-18,27-32H,3-6,11-16,19-20H2,1-2H3;3-9,17-18,21H,10-12H2,1-2H3. The van der Waals surface area contributed by atoms with Crippen LogP contribution in [0.4, 0.5) is 0 Å². The molecule has 2 unspecified atom stereocenters. The van der Waals surface area contributed by atoms with E-state index in [4.69, 9.17) is 9.47 Å². The topological polar surface area (TPSA) is 139 Å². The van der Waals surface area contributed by atoms with Crippen LogP contribution in [0.15, 0.2) is 78.9 Å². The van der Waals surface area contributed by atoms with E-state index in [1.54, 1.807) is 26.4 Å². The van der Waals surface area contributed by atoms with Gasteiger partial charge in [0.15, 0.2) is 28.8 Å². The van der Waals surface area contributed by atoms with Crippen molar-refractivity contribution in [2.24, 2.45) is 0 Å². The maximum absolute atomic E-state index is 12.7. The fourth-order valence-electron chi connectivity index (χ4n) is 7.67. The number of benzene rings is 4. The molecular formula is C46H64N6O5. The molecule has 4 aromatic rings. The van der Waals surface area contributed by atoms with Crippen molar-refractivity contribution in [3.8, 4) is 23.0 Å². The fourth-order valence-corrected chi connectivity index (χ4v) is 7.67. The van der Waals surface area contributed by atoms with Crippen LogP contribution < -0.4 is 36.1 Å². The highest BCUT2D eigenvalue weighted by Gasteiger charge is 2.37. The molecule has 2 bridgehead atoms. The van der Waals surface area contributed by atoms with Crippen molar-refractivity contribution >= 4 is 5.78 Å². The van der Waals surface area contributed by atoms with Crippen LogP contribution in [0.1, 0.15) is 87.8 Å². The lowest BCUT2D eigenvalue weighted by Gasteiger charge is -2.21. The molecule has 57 heavy (non-hydrogen) atoms. The third kappa shape index (κ3) is 13.0. The number of carbonyl (C=O) groups is 1. The Bertz CT molecular complexity index is 1780. The van der Waals surface area contributed by atoms with Gasteiger partial charge in [0, 0.05) is 37.2 Å². The number of nitrogens with one attached hydrogen (secondary N) is 5. The molecule has 0 radical (unpaired) electrons. The normalized spacial score (nSPS) is 15.3. The van der Waals surface area contributed by atoms with Crippen LogP contribution in [-0.2, 0) is 19.6 Å². The highest BCUT2D eigenvalue weighted by Crippen LogP contribution is 2.48. The number of phenolic OH excluding ortho intramolecular Hbond substituents is 2. The van der Waals surface area contributed by atoms with Crippen molar-refractivity contribution in [1.29, 1.82) is 0 Å². The van der Waals surface area contributed by atoms with E-state index in [1.165, 1.54) is 35.1 Å². The SMILES string of the molecule is CN(C)CC(=O)c1cccc2c1C1CC2NCc2ccccc21.COc1cc(CNCCCNCCCCNCCCNCc2ccc(O)c(OC)c2)ccc1O. The minimum Gasteiger partial charge on any atom is -0.504 e. The number of ketones is 1. The van der Waals surface area contributed by atoms with E-state index in [0.29, 0.717) is 30.0 Å². The number of carbonyl (C=O) groups excluding carboxylic acids is 1. The summed E-state index contributed by atoms with van der Waals surface area (Å²) in [5.41, 5.74) is 8.42. The van der Waals surface area contributed by atoms with Gasteiger partial charge in [0.1, 0.15) is 0 Å². The second-order valence-corrected chi connectivity index (χ2v) is 15.2. The van der Waals surface area contributed by atoms with E-state index in [0.717, 1.165) is 94.9 Å². The number of methoxy groups -OCH3 is 2. The Kier molecular flexibility index (Phi) is 17.6. The lowest BCUT2D eigenvalue weighted by atomic mass is 9.86. The van der Waals surface area contributed by atoms with Gasteiger partial charge in [-0.05, 0) is 143 Å². The lowest BCUT2D eigenvalue weighted by molar-refractivity contribution is 0.0956. The fraction of sp³-hybridized carbons (Fsp3) is 0.457. The van der Waals surface area contributed by atoms with Crippen LogP contribution in [0.5, 0.6) is 23.0 Å². The molecule has 2 aliphatic rings. The predicted molar refractivity (Wildman–Crippen MR) is 229 cm³/mol. The first kappa shape index (κ1) is 43.6. The number of ether oxygens (including phenoxy) is 2. The summed E-state index contributed by atoms with van der Waals surface area (Å²) >= 11 is 0. The van der Waals surface area contributed by atoms with Gasteiger partial charge in [-0.15, -0.1) is 0 Å². The molecule has 2 atom stereocenters. The predicted octanol–water partition coefficient (Wildman–Crippen LogP) is 5.84. The number of Topliss-reactive ketones (excluding diaryl/α,β-unsaturated/α-hetero) is 1. The molecule has 7 N–H and O–H groups in total. The quantitative estimate of drug-likeness (QED) is 0.0383. The molecule has 1 aliphatic carbocycles. The van der Waals surface area contributed by atoms with Crippen molar-refractivity contribution in [1.82, 2.24) is 31.5 Å². The first-order valence-electron chi connectivity index (χ1n) is 20.5.